The number of likely N-dealkylation sites (N-methyl/N-ethyl adjacent to an activating group) is 1. The van der Waals surface area contributed by atoms with E-state index >= 15 is 0 Å². The Hall–Kier alpha value is -1.55. The van der Waals surface area contributed by atoms with Gasteiger partial charge in [-0.3, -0.25) is 9.69 Å². The van der Waals surface area contributed by atoms with Gasteiger partial charge in [0.15, 0.2) is 0 Å². The van der Waals surface area contributed by atoms with Gasteiger partial charge in [-0.1, -0.05) is 12.1 Å². The lowest BCUT2D eigenvalue weighted by Crippen LogP contribution is -2.47. The molecule has 2 aliphatic heterocycles. The van der Waals surface area contributed by atoms with Gasteiger partial charge in [0.25, 0.3) is 0 Å². The molecule has 0 saturated carbocycles. The Morgan fingerprint density at radius 3 is 2.65 bits per heavy atom. The molecule has 2 saturated heterocycles. The second-order valence-corrected chi connectivity index (χ2v) is 5.95. The molecule has 2 heterocycles. The van der Waals surface area contributed by atoms with E-state index in [-0.39, 0.29) is 23.6 Å². The van der Waals surface area contributed by atoms with E-state index in [2.05, 4.69) is 11.9 Å². The van der Waals surface area contributed by atoms with Crippen LogP contribution in [0.4, 0.5) is 0 Å². The number of nitrogens with zero attached hydrogens (tertiary/aromatic N) is 1. The number of hydrogen-bond donors (Lipinski definition) is 1. The second kappa shape index (κ2) is 5.09. The zero-order chi connectivity index (χ0) is 14.3. The summed E-state index contributed by atoms with van der Waals surface area (Å²) in [6.45, 7) is 0. The quantitative estimate of drug-likeness (QED) is 0.840. The van der Waals surface area contributed by atoms with Crippen LogP contribution in [0.1, 0.15) is 30.7 Å². The highest BCUT2D eigenvalue weighted by molar-refractivity contribution is 5.74. The highest BCUT2D eigenvalue weighted by Crippen LogP contribution is 2.47. The maximum atomic E-state index is 12.2. The zero-order valence-electron chi connectivity index (χ0n) is 12.0. The van der Waals surface area contributed by atoms with Crippen LogP contribution in [0, 0.1) is 5.92 Å². The van der Waals surface area contributed by atoms with Gasteiger partial charge in [0, 0.05) is 18.0 Å². The molecule has 20 heavy (non-hydrogen) atoms. The van der Waals surface area contributed by atoms with Crippen molar-refractivity contribution in [2.24, 2.45) is 5.92 Å². The molecule has 0 aliphatic carbocycles. The largest absolute Gasteiger partial charge is 0.508 e. The number of esters is 1. The normalized spacial score (nSPS) is 33.1. The van der Waals surface area contributed by atoms with Crippen LogP contribution in [0.3, 0.4) is 0 Å². The third-order valence-corrected chi connectivity index (χ3v) is 5.05. The molecule has 4 atom stereocenters. The van der Waals surface area contributed by atoms with E-state index in [1.807, 2.05) is 12.1 Å². The van der Waals surface area contributed by atoms with Crippen LogP contribution >= 0.6 is 0 Å². The summed E-state index contributed by atoms with van der Waals surface area (Å²) in [4.78, 5) is 14.6. The van der Waals surface area contributed by atoms with Crippen molar-refractivity contribution in [3.05, 3.63) is 29.8 Å². The number of aromatic hydroxyl groups is 1. The predicted octanol–water partition coefficient (Wildman–Crippen LogP) is 2.13. The van der Waals surface area contributed by atoms with Crippen LogP contribution in [0.15, 0.2) is 24.3 Å². The maximum absolute atomic E-state index is 12.2. The molecule has 4 nitrogen and oxygen atoms in total. The van der Waals surface area contributed by atoms with Crippen molar-refractivity contribution in [3.8, 4) is 5.75 Å². The molecule has 3 rings (SSSR count). The summed E-state index contributed by atoms with van der Waals surface area (Å²) in [5.41, 5.74) is 1.12. The number of phenolic OH excluding ortho intramolecular Hbond substituents is 1. The Morgan fingerprint density at radius 2 is 2.00 bits per heavy atom. The van der Waals surface area contributed by atoms with Gasteiger partial charge in [-0.15, -0.1) is 0 Å². The minimum Gasteiger partial charge on any atom is -0.508 e. The van der Waals surface area contributed by atoms with Crippen LogP contribution in [0.2, 0.25) is 0 Å². The number of methoxy groups -OCH3 is 1. The SMILES string of the molecule is COC(=O)[C@H]1C[C@H]2CC[C@H]([C@H]1c1ccc(O)cc1)N2C. The molecule has 0 aromatic heterocycles. The number of phenols is 1. The molecule has 1 aromatic rings. The van der Waals surface area contributed by atoms with Crippen LogP contribution in [-0.4, -0.2) is 42.2 Å². The number of rotatable bonds is 2. The number of piperidine rings is 1. The highest BCUT2D eigenvalue weighted by Gasteiger charge is 2.48. The van der Waals surface area contributed by atoms with Gasteiger partial charge in [0.2, 0.25) is 0 Å². The van der Waals surface area contributed by atoms with E-state index in [1.165, 1.54) is 7.11 Å². The smallest absolute Gasteiger partial charge is 0.309 e. The number of fused-ring (bicyclic) bond motifs is 2. The number of benzene rings is 1. The monoisotopic (exact) mass is 275 g/mol. The van der Waals surface area contributed by atoms with Crippen molar-refractivity contribution in [2.45, 2.75) is 37.3 Å². The summed E-state index contributed by atoms with van der Waals surface area (Å²) < 4.78 is 5.02. The first-order valence-corrected chi connectivity index (χ1v) is 7.20. The van der Waals surface area contributed by atoms with Gasteiger partial charge < -0.3 is 9.84 Å². The third-order valence-electron chi connectivity index (χ3n) is 5.05. The standard InChI is InChI=1S/C16H21NO3/c1-17-11-5-8-14(17)15(13(9-11)16(19)20-2)10-3-6-12(18)7-4-10/h3-4,6-7,11,13-15,18H,5,8-9H2,1-2H3/t11-,13+,14-,15+/m1/s1. The van der Waals surface area contributed by atoms with E-state index in [9.17, 15) is 9.90 Å². The third kappa shape index (κ3) is 2.08. The highest BCUT2D eigenvalue weighted by atomic mass is 16.5. The van der Waals surface area contributed by atoms with Gasteiger partial charge in [0.05, 0.1) is 13.0 Å². The molecule has 2 fully saturated rings. The van der Waals surface area contributed by atoms with E-state index < -0.39 is 0 Å². The number of carbonyl (C=O) groups is 1. The molecular formula is C16H21NO3. The van der Waals surface area contributed by atoms with Gasteiger partial charge >= 0.3 is 5.97 Å². The summed E-state index contributed by atoms with van der Waals surface area (Å²) in [5.74, 6) is 0.245. The minimum absolute atomic E-state index is 0.0711. The van der Waals surface area contributed by atoms with Gasteiger partial charge in [-0.25, -0.2) is 0 Å². The van der Waals surface area contributed by atoms with E-state index in [0.717, 1.165) is 24.8 Å². The van der Waals surface area contributed by atoms with E-state index in [1.54, 1.807) is 12.1 Å². The summed E-state index contributed by atoms with van der Waals surface area (Å²) in [6.07, 6.45) is 3.15. The van der Waals surface area contributed by atoms with Crippen molar-refractivity contribution in [2.75, 3.05) is 14.2 Å². The molecule has 1 aromatic carbocycles. The van der Waals surface area contributed by atoms with Crippen LogP contribution in [-0.2, 0) is 9.53 Å². The molecular weight excluding hydrogens is 254 g/mol. The number of ether oxygens (including phenoxy) is 1. The fraction of sp³-hybridized carbons (Fsp3) is 0.562. The Kier molecular flexibility index (Phi) is 3.42. The lowest BCUT2D eigenvalue weighted by atomic mass is 9.76. The minimum atomic E-state index is -0.104. The Labute approximate surface area is 119 Å². The average Bonchev–Trinajstić information content (AvgIpc) is 2.70. The molecule has 1 N–H and O–H groups in total. The van der Waals surface area contributed by atoms with Gasteiger partial charge in [-0.05, 0) is 44.0 Å². The molecule has 0 unspecified atom stereocenters. The van der Waals surface area contributed by atoms with Crippen LogP contribution < -0.4 is 0 Å². The van der Waals surface area contributed by atoms with Gasteiger partial charge in [0.1, 0.15) is 5.75 Å². The molecule has 2 aliphatic rings. The zero-order valence-corrected chi connectivity index (χ0v) is 12.0. The number of hydrogen-bond acceptors (Lipinski definition) is 4. The fourth-order valence-electron chi connectivity index (χ4n) is 4.01. The number of carbonyl (C=O) groups excluding carboxylic acids is 1. The molecule has 0 radical (unpaired) electrons. The lowest BCUT2D eigenvalue weighted by Gasteiger charge is -2.42. The van der Waals surface area contributed by atoms with Crippen molar-refractivity contribution >= 4 is 5.97 Å². The van der Waals surface area contributed by atoms with Crippen molar-refractivity contribution in [1.29, 1.82) is 0 Å². The molecule has 4 heteroatoms. The van der Waals surface area contributed by atoms with Crippen molar-refractivity contribution in [1.82, 2.24) is 4.90 Å². The average molecular weight is 275 g/mol. The first-order valence-electron chi connectivity index (χ1n) is 7.20. The fourth-order valence-corrected chi connectivity index (χ4v) is 4.01. The van der Waals surface area contributed by atoms with E-state index in [0.29, 0.717) is 12.1 Å². The van der Waals surface area contributed by atoms with Crippen molar-refractivity contribution < 1.29 is 14.6 Å². The predicted molar refractivity (Wildman–Crippen MR) is 75.5 cm³/mol. The second-order valence-electron chi connectivity index (χ2n) is 5.95. The first kappa shape index (κ1) is 13.4. The Morgan fingerprint density at radius 1 is 1.30 bits per heavy atom. The molecule has 2 bridgehead atoms. The summed E-state index contributed by atoms with van der Waals surface area (Å²) in [7, 11) is 3.62. The van der Waals surface area contributed by atoms with Gasteiger partial charge in [-0.2, -0.15) is 0 Å². The summed E-state index contributed by atoms with van der Waals surface area (Å²) in [6, 6.07) is 8.15. The molecule has 108 valence electrons. The summed E-state index contributed by atoms with van der Waals surface area (Å²) >= 11 is 0. The maximum Gasteiger partial charge on any atom is 0.309 e. The molecule has 0 amide bonds. The Balaban J connectivity index is 1.97. The topological polar surface area (TPSA) is 49.8 Å². The first-order chi connectivity index (χ1) is 9.61. The Bertz CT molecular complexity index is 499. The summed E-state index contributed by atoms with van der Waals surface area (Å²) in [5, 5.41) is 9.46. The molecule has 0 spiro atoms. The van der Waals surface area contributed by atoms with Crippen molar-refractivity contribution in [3.63, 3.8) is 0 Å². The van der Waals surface area contributed by atoms with Crippen LogP contribution in [0.25, 0.3) is 0 Å². The lowest BCUT2D eigenvalue weighted by molar-refractivity contribution is -0.149. The van der Waals surface area contributed by atoms with Crippen LogP contribution in [0.5, 0.6) is 5.75 Å². The van der Waals surface area contributed by atoms with E-state index in [4.69, 9.17) is 4.74 Å².